The summed E-state index contributed by atoms with van der Waals surface area (Å²) in [7, 11) is 1.48. The van der Waals surface area contributed by atoms with Crippen LogP contribution in [0.5, 0.6) is 11.5 Å². The molecule has 0 aliphatic carbocycles. The zero-order valence-electron chi connectivity index (χ0n) is 11.3. The highest BCUT2D eigenvalue weighted by atomic mass is 19.1. The van der Waals surface area contributed by atoms with E-state index in [1.807, 2.05) is 6.07 Å². The highest BCUT2D eigenvalue weighted by molar-refractivity contribution is 5.76. The lowest BCUT2D eigenvalue weighted by molar-refractivity contribution is 0.112. The second kappa shape index (κ2) is 6.53. The van der Waals surface area contributed by atoms with Gasteiger partial charge >= 0.3 is 0 Å². The normalized spacial score (nSPS) is 9.76. The lowest BCUT2D eigenvalue weighted by atomic mass is 10.1. The fourth-order valence-corrected chi connectivity index (χ4v) is 1.77. The number of aldehydes is 1. The van der Waals surface area contributed by atoms with Crippen LogP contribution in [-0.4, -0.2) is 13.4 Å². The first kappa shape index (κ1) is 14.5. The van der Waals surface area contributed by atoms with E-state index in [4.69, 9.17) is 14.7 Å². The summed E-state index contributed by atoms with van der Waals surface area (Å²) in [5.74, 6) is 0.292. The summed E-state index contributed by atoms with van der Waals surface area (Å²) in [4.78, 5) is 10.8. The lowest BCUT2D eigenvalue weighted by Crippen LogP contribution is -2.01. The number of carbonyl (C=O) groups is 1. The average molecular weight is 285 g/mol. The molecule has 106 valence electrons. The number of nitrogens with zero attached hydrogens (tertiary/aromatic N) is 1. The van der Waals surface area contributed by atoms with Gasteiger partial charge in [0.2, 0.25) is 0 Å². The van der Waals surface area contributed by atoms with Gasteiger partial charge in [-0.2, -0.15) is 5.26 Å². The molecule has 0 saturated heterocycles. The minimum Gasteiger partial charge on any atom is -0.493 e. The zero-order chi connectivity index (χ0) is 15.2. The Labute approximate surface area is 121 Å². The topological polar surface area (TPSA) is 59.3 Å². The summed E-state index contributed by atoms with van der Waals surface area (Å²) >= 11 is 0. The Morgan fingerprint density at radius 3 is 2.67 bits per heavy atom. The number of hydrogen-bond acceptors (Lipinski definition) is 4. The lowest BCUT2D eigenvalue weighted by Gasteiger charge is -2.11. The van der Waals surface area contributed by atoms with Gasteiger partial charge in [-0.15, -0.1) is 0 Å². The van der Waals surface area contributed by atoms with Gasteiger partial charge in [0.15, 0.2) is 11.5 Å². The van der Waals surface area contributed by atoms with Crippen LogP contribution in [0.1, 0.15) is 21.5 Å². The number of rotatable bonds is 5. The van der Waals surface area contributed by atoms with Crippen molar-refractivity contribution < 1.29 is 18.7 Å². The van der Waals surface area contributed by atoms with Gasteiger partial charge in [0.1, 0.15) is 18.7 Å². The van der Waals surface area contributed by atoms with Gasteiger partial charge < -0.3 is 9.47 Å². The summed E-state index contributed by atoms with van der Waals surface area (Å²) < 4.78 is 24.4. The van der Waals surface area contributed by atoms with Gasteiger partial charge in [-0.1, -0.05) is 6.07 Å². The van der Waals surface area contributed by atoms with Crippen molar-refractivity contribution in [1.82, 2.24) is 0 Å². The van der Waals surface area contributed by atoms with E-state index in [2.05, 4.69) is 0 Å². The van der Waals surface area contributed by atoms with E-state index in [0.717, 1.165) is 6.07 Å². The molecule has 0 aromatic heterocycles. The molecule has 0 bridgehead atoms. The molecule has 4 nitrogen and oxygen atoms in total. The van der Waals surface area contributed by atoms with Crippen LogP contribution >= 0.6 is 0 Å². The van der Waals surface area contributed by atoms with E-state index in [-0.39, 0.29) is 12.2 Å². The summed E-state index contributed by atoms with van der Waals surface area (Å²) in [6.45, 7) is -0.0315. The van der Waals surface area contributed by atoms with Crippen LogP contribution in [0, 0.1) is 17.1 Å². The van der Waals surface area contributed by atoms with Crippen molar-refractivity contribution in [3.05, 3.63) is 58.9 Å². The molecule has 2 aromatic rings. The molecule has 0 atom stereocenters. The van der Waals surface area contributed by atoms with Crippen molar-refractivity contribution in [3.8, 4) is 17.6 Å². The third-order valence-electron chi connectivity index (χ3n) is 2.89. The quantitative estimate of drug-likeness (QED) is 0.792. The number of halogens is 1. The first-order valence-electron chi connectivity index (χ1n) is 6.12. The number of ether oxygens (including phenoxy) is 2. The molecule has 0 saturated carbocycles. The van der Waals surface area contributed by atoms with Crippen LogP contribution in [0.15, 0.2) is 36.4 Å². The van der Waals surface area contributed by atoms with Gasteiger partial charge in [0, 0.05) is 11.1 Å². The summed E-state index contributed by atoms with van der Waals surface area (Å²) in [5, 5.41) is 8.69. The van der Waals surface area contributed by atoms with E-state index in [1.54, 1.807) is 12.1 Å². The number of methoxy groups -OCH3 is 1. The Bertz CT molecular complexity index is 707. The summed E-state index contributed by atoms with van der Waals surface area (Å²) in [6.07, 6.45) is 0.689. The van der Waals surface area contributed by atoms with Gasteiger partial charge in [-0.25, -0.2) is 4.39 Å². The van der Waals surface area contributed by atoms with Crippen LogP contribution in [-0.2, 0) is 6.61 Å². The maximum absolute atomic E-state index is 13.7. The van der Waals surface area contributed by atoms with Crippen molar-refractivity contribution in [2.75, 3.05) is 7.11 Å². The van der Waals surface area contributed by atoms with E-state index in [0.29, 0.717) is 28.9 Å². The van der Waals surface area contributed by atoms with Gasteiger partial charge in [0.25, 0.3) is 0 Å². The second-order valence-corrected chi connectivity index (χ2v) is 4.23. The molecule has 0 aliphatic heterocycles. The van der Waals surface area contributed by atoms with Crippen molar-refractivity contribution in [3.63, 3.8) is 0 Å². The smallest absolute Gasteiger partial charge is 0.162 e. The third kappa shape index (κ3) is 3.37. The SMILES string of the molecule is COc1ccc(C=O)cc1OCc1ccc(C#N)cc1F. The number of carbonyl (C=O) groups excluding carboxylic acids is 1. The van der Waals surface area contributed by atoms with Crippen LogP contribution in [0.4, 0.5) is 4.39 Å². The fourth-order valence-electron chi connectivity index (χ4n) is 1.77. The Morgan fingerprint density at radius 2 is 2.05 bits per heavy atom. The van der Waals surface area contributed by atoms with Crippen molar-refractivity contribution >= 4 is 6.29 Å². The predicted octanol–water partition coefficient (Wildman–Crippen LogP) is 3.10. The molecular formula is C16H12FNO3. The third-order valence-corrected chi connectivity index (χ3v) is 2.89. The van der Waals surface area contributed by atoms with Crippen LogP contribution in [0.25, 0.3) is 0 Å². The molecule has 0 aliphatic rings. The van der Waals surface area contributed by atoms with E-state index < -0.39 is 5.82 Å². The standard InChI is InChI=1S/C16H12FNO3/c1-20-15-5-3-12(9-19)7-16(15)21-10-13-4-2-11(8-18)6-14(13)17/h2-7,9H,10H2,1H3. The van der Waals surface area contributed by atoms with Crippen LogP contribution in [0.3, 0.4) is 0 Å². The molecule has 0 spiro atoms. The molecule has 5 heteroatoms. The summed E-state index contributed by atoms with van der Waals surface area (Å²) in [6, 6.07) is 10.7. The van der Waals surface area contributed by atoms with Gasteiger partial charge in [0.05, 0.1) is 18.7 Å². The minimum absolute atomic E-state index is 0.0315. The molecule has 21 heavy (non-hydrogen) atoms. The largest absolute Gasteiger partial charge is 0.493 e. The molecule has 0 radical (unpaired) electrons. The van der Waals surface area contributed by atoms with E-state index in [1.165, 1.54) is 25.3 Å². The number of benzene rings is 2. The first-order valence-corrected chi connectivity index (χ1v) is 6.12. The summed E-state index contributed by atoms with van der Waals surface area (Å²) in [5.41, 5.74) is 0.996. The maximum atomic E-state index is 13.7. The molecule has 0 fully saturated rings. The molecule has 0 unspecified atom stereocenters. The van der Waals surface area contributed by atoms with Crippen molar-refractivity contribution in [2.24, 2.45) is 0 Å². The van der Waals surface area contributed by atoms with Gasteiger partial charge in [-0.05, 0) is 30.3 Å². The monoisotopic (exact) mass is 285 g/mol. The van der Waals surface area contributed by atoms with Crippen LogP contribution < -0.4 is 9.47 Å². The number of nitriles is 1. The molecular weight excluding hydrogens is 273 g/mol. The maximum Gasteiger partial charge on any atom is 0.162 e. The van der Waals surface area contributed by atoms with E-state index >= 15 is 0 Å². The van der Waals surface area contributed by atoms with E-state index in [9.17, 15) is 9.18 Å². The molecule has 0 heterocycles. The van der Waals surface area contributed by atoms with Gasteiger partial charge in [-0.3, -0.25) is 4.79 Å². The predicted molar refractivity (Wildman–Crippen MR) is 73.8 cm³/mol. The Morgan fingerprint density at radius 1 is 1.24 bits per heavy atom. The molecule has 0 amide bonds. The number of hydrogen-bond donors (Lipinski definition) is 0. The highest BCUT2D eigenvalue weighted by Gasteiger charge is 2.09. The average Bonchev–Trinajstić information content (AvgIpc) is 2.53. The van der Waals surface area contributed by atoms with Crippen molar-refractivity contribution in [2.45, 2.75) is 6.61 Å². The highest BCUT2D eigenvalue weighted by Crippen LogP contribution is 2.28. The first-order chi connectivity index (χ1) is 10.2. The minimum atomic E-state index is -0.514. The second-order valence-electron chi connectivity index (χ2n) is 4.23. The molecule has 0 N–H and O–H groups in total. The molecule has 2 aromatic carbocycles. The fraction of sp³-hybridized carbons (Fsp3) is 0.125. The zero-order valence-corrected chi connectivity index (χ0v) is 11.3. The molecule has 2 rings (SSSR count). The Balaban J connectivity index is 2.20. The Hall–Kier alpha value is -2.87. The van der Waals surface area contributed by atoms with Crippen LogP contribution in [0.2, 0.25) is 0 Å². The Kier molecular flexibility index (Phi) is 4.52. The van der Waals surface area contributed by atoms with Crippen molar-refractivity contribution in [1.29, 1.82) is 5.26 Å².